The van der Waals surface area contributed by atoms with Crippen LogP contribution in [0.1, 0.15) is 34.6 Å². The molecule has 5 nitrogen and oxygen atoms in total. The smallest absolute Gasteiger partial charge is 0.243 e. The van der Waals surface area contributed by atoms with E-state index >= 15 is 0 Å². The van der Waals surface area contributed by atoms with Crippen LogP contribution in [0, 0.1) is 0 Å². The van der Waals surface area contributed by atoms with Gasteiger partial charge in [0, 0.05) is 22.5 Å². The Balaban J connectivity index is 1.95. The standard InChI is InChI=1S/C18H18N2O3/c1-12(21)14-5-3-7-16(9-14)19-11-18(23)20-17-8-4-6-15(10-17)13(2)22/h3-10,19H,11H2,1-2H3,(H,20,23). The molecule has 5 heteroatoms. The third-order valence-electron chi connectivity index (χ3n) is 3.28. The molecule has 0 radical (unpaired) electrons. The van der Waals surface area contributed by atoms with Crippen LogP contribution in [0.5, 0.6) is 0 Å². The van der Waals surface area contributed by atoms with Crippen molar-refractivity contribution >= 4 is 28.8 Å². The first-order valence-electron chi connectivity index (χ1n) is 7.21. The summed E-state index contributed by atoms with van der Waals surface area (Å²) in [5.74, 6) is -0.321. The molecule has 0 heterocycles. The maximum absolute atomic E-state index is 12.0. The molecule has 1 amide bonds. The molecular weight excluding hydrogens is 292 g/mol. The average Bonchev–Trinajstić information content (AvgIpc) is 2.53. The fourth-order valence-electron chi connectivity index (χ4n) is 2.05. The van der Waals surface area contributed by atoms with Crippen molar-refractivity contribution in [3.63, 3.8) is 0 Å². The van der Waals surface area contributed by atoms with Crippen molar-refractivity contribution in [1.82, 2.24) is 0 Å². The largest absolute Gasteiger partial charge is 0.376 e. The zero-order valence-electron chi connectivity index (χ0n) is 13.1. The first-order valence-corrected chi connectivity index (χ1v) is 7.21. The highest BCUT2D eigenvalue weighted by Gasteiger charge is 2.06. The summed E-state index contributed by atoms with van der Waals surface area (Å²) in [5, 5.41) is 5.69. The summed E-state index contributed by atoms with van der Waals surface area (Å²) in [7, 11) is 0. The van der Waals surface area contributed by atoms with E-state index in [0.717, 1.165) is 0 Å². The van der Waals surface area contributed by atoms with E-state index < -0.39 is 0 Å². The van der Waals surface area contributed by atoms with Crippen LogP contribution < -0.4 is 10.6 Å². The van der Waals surface area contributed by atoms with Crippen LogP contribution in [-0.2, 0) is 4.79 Å². The third-order valence-corrected chi connectivity index (χ3v) is 3.28. The Morgan fingerprint density at radius 3 is 1.91 bits per heavy atom. The number of rotatable bonds is 6. The van der Waals surface area contributed by atoms with E-state index in [1.54, 1.807) is 48.5 Å². The summed E-state index contributed by atoms with van der Waals surface area (Å²) in [6, 6.07) is 13.7. The molecule has 0 unspecified atom stereocenters. The van der Waals surface area contributed by atoms with Crippen molar-refractivity contribution in [2.75, 3.05) is 17.2 Å². The van der Waals surface area contributed by atoms with Crippen molar-refractivity contribution in [2.24, 2.45) is 0 Å². The molecule has 2 aromatic carbocycles. The molecule has 0 bridgehead atoms. The number of amides is 1. The summed E-state index contributed by atoms with van der Waals surface area (Å²) in [6.45, 7) is 3.03. The normalized spacial score (nSPS) is 10.0. The Bertz CT molecular complexity index is 753. The minimum absolute atomic E-state index is 0.0286. The molecule has 0 saturated carbocycles. The Morgan fingerprint density at radius 2 is 1.35 bits per heavy atom. The number of hydrogen-bond donors (Lipinski definition) is 2. The second-order valence-corrected chi connectivity index (χ2v) is 5.18. The van der Waals surface area contributed by atoms with Gasteiger partial charge in [0.05, 0.1) is 6.54 Å². The van der Waals surface area contributed by atoms with Crippen LogP contribution in [0.3, 0.4) is 0 Å². The quantitative estimate of drug-likeness (QED) is 0.804. The van der Waals surface area contributed by atoms with Gasteiger partial charge >= 0.3 is 0 Å². The zero-order chi connectivity index (χ0) is 16.8. The van der Waals surface area contributed by atoms with Crippen molar-refractivity contribution in [2.45, 2.75) is 13.8 Å². The molecule has 0 saturated heterocycles. The van der Waals surface area contributed by atoms with E-state index in [2.05, 4.69) is 10.6 Å². The number of ketones is 2. The Kier molecular flexibility index (Phi) is 5.25. The van der Waals surface area contributed by atoms with E-state index in [9.17, 15) is 14.4 Å². The van der Waals surface area contributed by atoms with Crippen LogP contribution in [-0.4, -0.2) is 24.0 Å². The first-order chi connectivity index (χ1) is 11.0. The van der Waals surface area contributed by atoms with Crippen LogP contribution in [0.2, 0.25) is 0 Å². The third kappa shape index (κ3) is 4.78. The number of Topliss-reactive ketones (excluding diaryl/α,β-unsaturated/α-hetero) is 2. The van der Waals surface area contributed by atoms with Crippen LogP contribution in [0.25, 0.3) is 0 Å². The topological polar surface area (TPSA) is 75.3 Å². The number of carbonyl (C=O) groups is 3. The van der Waals surface area contributed by atoms with Gasteiger partial charge in [0.15, 0.2) is 11.6 Å². The Labute approximate surface area is 134 Å². The van der Waals surface area contributed by atoms with E-state index in [4.69, 9.17) is 0 Å². The maximum Gasteiger partial charge on any atom is 0.243 e. The molecule has 23 heavy (non-hydrogen) atoms. The van der Waals surface area contributed by atoms with Crippen LogP contribution in [0.4, 0.5) is 11.4 Å². The summed E-state index contributed by atoms with van der Waals surface area (Å²) in [5.41, 5.74) is 2.40. The minimum atomic E-state index is -0.237. The van der Waals surface area contributed by atoms with Gasteiger partial charge in [-0.2, -0.15) is 0 Å². The number of carbonyl (C=O) groups excluding carboxylic acids is 3. The molecule has 0 aliphatic heterocycles. The highest BCUT2D eigenvalue weighted by atomic mass is 16.2. The fraction of sp³-hybridized carbons (Fsp3) is 0.167. The number of anilines is 2. The van der Waals surface area contributed by atoms with Crippen molar-refractivity contribution < 1.29 is 14.4 Å². The average molecular weight is 310 g/mol. The van der Waals surface area contributed by atoms with Crippen molar-refractivity contribution in [3.8, 4) is 0 Å². The molecule has 118 valence electrons. The molecule has 2 rings (SSSR count). The number of benzene rings is 2. The lowest BCUT2D eigenvalue weighted by Crippen LogP contribution is -2.21. The summed E-state index contributed by atoms with van der Waals surface area (Å²) < 4.78 is 0. The van der Waals surface area contributed by atoms with Gasteiger partial charge in [0.2, 0.25) is 5.91 Å². The van der Waals surface area contributed by atoms with Gasteiger partial charge in [-0.15, -0.1) is 0 Å². The molecule has 2 N–H and O–H groups in total. The predicted molar refractivity (Wildman–Crippen MR) is 90.0 cm³/mol. The van der Waals surface area contributed by atoms with Gasteiger partial charge in [-0.25, -0.2) is 0 Å². The monoisotopic (exact) mass is 310 g/mol. The molecule has 0 spiro atoms. The minimum Gasteiger partial charge on any atom is -0.376 e. The second-order valence-electron chi connectivity index (χ2n) is 5.18. The van der Waals surface area contributed by atoms with Gasteiger partial charge in [0.1, 0.15) is 0 Å². The highest BCUT2D eigenvalue weighted by molar-refractivity contribution is 5.98. The lowest BCUT2D eigenvalue weighted by Gasteiger charge is -2.09. The Morgan fingerprint density at radius 1 is 0.826 bits per heavy atom. The molecule has 2 aromatic rings. The van der Waals surface area contributed by atoms with Gasteiger partial charge in [-0.1, -0.05) is 24.3 Å². The molecule has 0 fully saturated rings. The lowest BCUT2D eigenvalue weighted by atomic mass is 10.1. The summed E-state index contributed by atoms with van der Waals surface area (Å²) in [6.07, 6.45) is 0. The van der Waals surface area contributed by atoms with E-state index in [1.807, 2.05) is 0 Å². The SMILES string of the molecule is CC(=O)c1cccc(NCC(=O)Nc2cccc(C(C)=O)c2)c1. The first kappa shape index (κ1) is 16.4. The fourth-order valence-corrected chi connectivity index (χ4v) is 2.05. The summed E-state index contributed by atoms with van der Waals surface area (Å²) in [4.78, 5) is 34.6. The molecule has 0 aromatic heterocycles. The lowest BCUT2D eigenvalue weighted by molar-refractivity contribution is -0.114. The van der Waals surface area contributed by atoms with E-state index in [1.165, 1.54) is 13.8 Å². The second kappa shape index (κ2) is 7.35. The van der Waals surface area contributed by atoms with E-state index in [0.29, 0.717) is 22.5 Å². The molecule has 0 aliphatic rings. The number of nitrogens with one attached hydrogen (secondary N) is 2. The predicted octanol–water partition coefficient (Wildman–Crippen LogP) is 3.14. The summed E-state index contributed by atoms with van der Waals surface area (Å²) >= 11 is 0. The van der Waals surface area contributed by atoms with Crippen LogP contribution >= 0.6 is 0 Å². The molecular formula is C18H18N2O3. The highest BCUT2D eigenvalue weighted by Crippen LogP contribution is 2.13. The van der Waals surface area contributed by atoms with Gasteiger partial charge in [-0.05, 0) is 38.1 Å². The van der Waals surface area contributed by atoms with Gasteiger partial charge in [0.25, 0.3) is 0 Å². The van der Waals surface area contributed by atoms with E-state index in [-0.39, 0.29) is 24.0 Å². The van der Waals surface area contributed by atoms with Gasteiger partial charge < -0.3 is 10.6 Å². The molecule has 0 aliphatic carbocycles. The Hall–Kier alpha value is -2.95. The maximum atomic E-state index is 12.0. The number of hydrogen-bond acceptors (Lipinski definition) is 4. The van der Waals surface area contributed by atoms with Crippen molar-refractivity contribution in [3.05, 3.63) is 59.7 Å². The van der Waals surface area contributed by atoms with Crippen LogP contribution in [0.15, 0.2) is 48.5 Å². The molecule has 0 atom stereocenters. The van der Waals surface area contributed by atoms with Crippen molar-refractivity contribution in [1.29, 1.82) is 0 Å². The zero-order valence-corrected chi connectivity index (χ0v) is 13.1. The van der Waals surface area contributed by atoms with Gasteiger partial charge in [-0.3, -0.25) is 14.4 Å².